The number of hydrogen-bond donors (Lipinski definition) is 0. The minimum atomic E-state index is -0.168. The lowest BCUT2D eigenvalue weighted by Crippen LogP contribution is -2.40. The zero-order valence-corrected chi connectivity index (χ0v) is 17.7. The summed E-state index contributed by atoms with van der Waals surface area (Å²) in [6, 6.07) is 14.7. The number of rotatable bonds is 8. The summed E-state index contributed by atoms with van der Waals surface area (Å²) in [7, 11) is 0. The lowest BCUT2D eigenvalue weighted by Gasteiger charge is -2.23. The number of aromatic nitrogens is 1. The molecule has 1 fully saturated rings. The Morgan fingerprint density at radius 1 is 1.20 bits per heavy atom. The van der Waals surface area contributed by atoms with Crippen LogP contribution >= 0.6 is 11.3 Å². The van der Waals surface area contributed by atoms with Gasteiger partial charge in [0.1, 0.15) is 5.75 Å². The van der Waals surface area contributed by atoms with E-state index < -0.39 is 0 Å². The van der Waals surface area contributed by atoms with Crippen molar-refractivity contribution in [1.82, 2.24) is 4.98 Å². The average Bonchev–Trinajstić information content (AvgIpc) is 3.45. The molecule has 6 nitrogen and oxygen atoms in total. The standard InChI is InChI=1S/C23H24N2O4S/c1-2-20(26)16-9-11-17(12-10-16)29-15-22(27)25(14-18-6-5-13-28-18)23-24-19-7-3-4-8-21(19)30-23/h3-4,7-12,18H,2,5-6,13-15H2,1H3/t18-/m1/s1. The van der Waals surface area contributed by atoms with Crippen LogP contribution in [0.4, 0.5) is 5.13 Å². The van der Waals surface area contributed by atoms with E-state index in [1.807, 2.05) is 31.2 Å². The summed E-state index contributed by atoms with van der Waals surface area (Å²) < 4.78 is 12.5. The van der Waals surface area contributed by atoms with Crippen molar-refractivity contribution in [2.45, 2.75) is 32.3 Å². The summed E-state index contributed by atoms with van der Waals surface area (Å²) in [5.74, 6) is 0.465. The normalized spacial score (nSPS) is 16.0. The van der Waals surface area contributed by atoms with Crippen molar-refractivity contribution < 1.29 is 19.1 Å². The van der Waals surface area contributed by atoms with E-state index in [9.17, 15) is 9.59 Å². The van der Waals surface area contributed by atoms with Crippen LogP contribution < -0.4 is 9.64 Å². The Morgan fingerprint density at radius 2 is 2.00 bits per heavy atom. The molecule has 3 aromatic rings. The predicted octanol–water partition coefficient (Wildman–Crippen LogP) is 4.48. The molecule has 0 N–H and O–H groups in total. The summed E-state index contributed by atoms with van der Waals surface area (Å²) in [6.07, 6.45) is 2.41. The number of fused-ring (bicyclic) bond motifs is 1. The smallest absolute Gasteiger partial charge is 0.266 e. The van der Waals surface area contributed by atoms with Crippen LogP contribution in [0.5, 0.6) is 5.75 Å². The molecule has 0 radical (unpaired) electrons. The van der Waals surface area contributed by atoms with E-state index in [1.54, 1.807) is 29.2 Å². The predicted molar refractivity (Wildman–Crippen MR) is 118 cm³/mol. The number of amides is 1. The van der Waals surface area contributed by atoms with E-state index in [2.05, 4.69) is 4.98 Å². The number of anilines is 1. The number of para-hydroxylation sites is 1. The summed E-state index contributed by atoms with van der Waals surface area (Å²) >= 11 is 1.49. The molecule has 1 aliphatic heterocycles. The minimum Gasteiger partial charge on any atom is -0.484 e. The van der Waals surface area contributed by atoms with Crippen molar-refractivity contribution in [3.05, 3.63) is 54.1 Å². The van der Waals surface area contributed by atoms with Crippen molar-refractivity contribution in [2.24, 2.45) is 0 Å². The van der Waals surface area contributed by atoms with Gasteiger partial charge in [0.05, 0.1) is 22.9 Å². The molecule has 1 atom stereocenters. The van der Waals surface area contributed by atoms with Crippen molar-refractivity contribution >= 4 is 38.4 Å². The Morgan fingerprint density at radius 3 is 2.70 bits per heavy atom. The van der Waals surface area contributed by atoms with Crippen LogP contribution in [-0.4, -0.2) is 42.5 Å². The number of carbonyl (C=O) groups excluding carboxylic acids is 2. The summed E-state index contributed by atoms with van der Waals surface area (Å²) in [5, 5.41) is 0.657. The van der Waals surface area contributed by atoms with E-state index in [0.29, 0.717) is 29.4 Å². The Balaban J connectivity index is 1.48. The number of hydrogen-bond acceptors (Lipinski definition) is 6. The maximum atomic E-state index is 13.1. The van der Waals surface area contributed by atoms with Gasteiger partial charge in [-0.25, -0.2) is 4.98 Å². The second kappa shape index (κ2) is 9.36. The monoisotopic (exact) mass is 424 g/mol. The average molecular weight is 425 g/mol. The van der Waals surface area contributed by atoms with Crippen LogP contribution in [0.2, 0.25) is 0 Å². The number of carbonyl (C=O) groups is 2. The van der Waals surface area contributed by atoms with Crippen LogP contribution in [0.3, 0.4) is 0 Å². The van der Waals surface area contributed by atoms with Gasteiger partial charge in [-0.1, -0.05) is 30.4 Å². The second-order valence-corrected chi connectivity index (χ2v) is 8.20. The molecule has 0 bridgehead atoms. The first-order chi connectivity index (χ1) is 14.6. The maximum Gasteiger partial charge on any atom is 0.266 e. The van der Waals surface area contributed by atoms with Crippen LogP contribution in [0.15, 0.2) is 48.5 Å². The van der Waals surface area contributed by atoms with Crippen LogP contribution in [0, 0.1) is 0 Å². The molecule has 2 aromatic carbocycles. The highest BCUT2D eigenvalue weighted by Gasteiger charge is 2.26. The first kappa shape index (κ1) is 20.5. The number of nitrogens with zero attached hydrogens (tertiary/aromatic N) is 2. The fourth-order valence-electron chi connectivity index (χ4n) is 3.42. The molecule has 1 aromatic heterocycles. The Labute approximate surface area is 179 Å². The number of thiazole rings is 1. The van der Waals surface area contributed by atoms with Crippen molar-refractivity contribution in [1.29, 1.82) is 0 Å². The summed E-state index contributed by atoms with van der Waals surface area (Å²) in [5.41, 5.74) is 1.52. The maximum absolute atomic E-state index is 13.1. The van der Waals surface area contributed by atoms with E-state index >= 15 is 0 Å². The van der Waals surface area contributed by atoms with Gasteiger partial charge in [0, 0.05) is 18.6 Å². The third kappa shape index (κ3) is 4.68. The van der Waals surface area contributed by atoms with Crippen LogP contribution in [0.1, 0.15) is 36.5 Å². The van der Waals surface area contributed by atoms with E-state index in [0.717, 1.165) is 29.7 Å². The number of Topliss-reactive ketones (excluding diaryl/α,β-unsaturated/α-hetero) is 1. The molecule has 4 rings (SSSR count). The molecule has 1 aliphatic rings. The second-order valence-electron chi connectivity index (χ2n) is 7.19. The molecule has 0 saturated carbocycles. The highest BCUT2D eigenvalue weighted by molar-refractivity contribution is 7.22. The van der Waals surface area contributed by atoms with Gasteiger partial charge in [-0.3, -0.25) is 14.5 Å². The molecule has 0 spiro atoms. The van der Waals surface area contributed by atoms with Crippen molar-refractivity contribution in [3.8, 4) is 5.75 Å². The number of benzene rings is 2. The first-order valence-electron chi connectivity index (χ1n) is 10.2. The zero-order valence-electron chi connectivity index (χ0n) is 16.9. The molecule has 30 heavy (non-hydrogen) atoms. The molecule has 1 amide bonds. The third-order valence-electron chi connectivity index (χ3n) is 5.08. The Kier molecular flexibility index (Phi) is 6.40. The fourth-order valence-corrected chi connectivity index (χ4v) is 4.41. The number of ether oxygens (including phenoxy) is 2. The molecule has 1 saturated heterocycles. The Hall–Kier alpha value is -2.77. The van der Waals surface area contributed by atoms with Gasteiger partial charge in [0.15, 0.2) is 17.5 Å². The van der Waals surface area contributed by atoms with E-state index in [-0.39, 0.29) is 24.4 Å². The van der Waals surface area contributed by atoms with Gasteiger partial charge in [-0.15, -0.1) is 0 Å². The van der Waals surface area contributed by atoms with Gasteiger partial charge in [0.25, 0.3) is 5.91 Å². The van der Waals surface area contributed by atoms with Crippen LogP contribution in [-0.2, 0) is 9.53 Å². The van der Waals surface area contributed by atoms with Gasteiger partial charge >= 0.3 is 0 Å². The molecule has 0 aliphatic carbocycles. The Bertz CT molecular complexity index is 992. The topological polar surface area (TPSA) is 68.7 Å². The molecular formula is C23H24N2O4S. The molecule has 156 valence electrons. The molecule has 7 heteroatoms. The van der Waals surface area contributed by atoms with Gasteiger partial charge in [0.2, 0.25) is 0 Å². The van der Waals surface area contributed by atoms with Crippen molar-refractivity contribution in [2.75, 3.05) is 24.7 Å². The van der Waals surface area contributed by atoms with E-state index in [1.165, 1.54) is 11.3 Å². The third-order valence-corrected chi connectivity index (χ3v) is 6.14. The molecular weight excluding hydrogens is 400 g/mol. The molecule has 0 unspecified atom stereocenters. The summed E-state index contributed by atoms with van der Waals surface area (Å²) in [6.45, 7) is 2.91. The SMILES string of the molecule is CCC(=O)c1ccc(OCC(=O)N(C[C@H]2CCCO2)c2nc3ccccc3s2)cc1. The lowest BCUT2D eigenvalue weighted by atomic mass is 10.1. The zero-order chi connectivity index (χ0) is 20.9. The van der Waals surface area contributed by atoms with Gasteiger partial charge in [-0.2, -0.15) is 0 Å². The largest absolute Gasteiger partial charge is 0.484 e. The summed E-state index contributed by atoms with van der Waals surface area (Å²) in [4.78, 5) is 31.1. The highest BCUT2D eigenvalue weighted by atomic mass is 32.1. The van der Waals surface area contributed by atoms with E-state index in [4.69, 9.17) is 9.47 Å². The van der Waals surface area contributed by atoms with Crippen LogP contribution in [0.25, 0.3) is 10.2 Å². The van der Waals surface area contributed by atoms with Gasteiger partial charge < -0.3 is 9.47 Å². The highest BCUT2D eigenvalue weighted by Crippen LogP contribution is 2.30. The quantitative estimate of drug-likeness (QED) is 0.499. The minimum absolute atomic E-state index is 0.0142. The van der Waals surface area contributed by atoms with Crippen molar-refractivity contribution in [3.63, 3.8) is 0 Å². The molecule has 2 heterocycles. The first-order valence-corrected chi connectivity index (χ1v) is 11.0. The number of ketones is 1. The fraction of sp³-hybridized carbons (Fsp3) is 0.348. The van der Waals surface area contributed by atoms with Gasteiger partial charge in [-0.05, 0) is 49.2 Å². The lowest BCUT2D eigenvalue weighted by molar-refractivity contribution is -0.120.